The summed E-state index contributed by atoms with van der Waals surface area (Å²) in [4.78, 5) is 88.8. The van der Waals surface area contributed by atoms with Crippen LogP contribution in [-0.2, 0) is 93.7 Å². The summed E-state index contributed by atoms with van der Waals surface area (Å²) in [5.74, 6) is -13.2. The number of carbonyl (C=O) groups is 7. The molecule has 3 aromatic rings. The number of ether oxygens (including phenoxy) is 14. The van der Waals surface area contributed by atoms with Crippen LogP contribution in [0.3, 0.4) is 0 Å². The lowest BCUT2D eigenvalue weighted by molar-refractivity contribution is -0.158. The number of esters is 3. The van der Waals surface area contributed by atoms with Crippen molar-refractivity contribution in [2.75, 3.05) is 125 Å². The first-order valence-electron chi connectivity index (χ1n) is 30.4. The van der Waals surface area contributed by atoms with Gasteiger partial charge in [-0.15, -0.1) is 0 Å². The van der Waals surface area contributed by atoms with Crippen LogP contribution >= 0.6 is 0 Å². The quantitative estimate of drug-likeness (QED) is 0.0136. The number of amides is 2. The highest BCUT2D eigenvalue weighted by molar-refractivity contribution is 5.89. The molecule has 0 spiro atoms. The van der Waals surface area contributed by atoms with Gasteiger partial charge >= 0.3 is 24.0 Å². The Kier molecular flexibility index (Phi) is 37.2. The second kappa shape index (κ2) is 43.1. The number of halogens is 4. The second-order valence-corrected chi connectivity index (χ2v) is 23.6. The Labute approximate surface area is 535 Å². The number of alkyl carbamates (subject to hydrolysis) is 1. The molecule has 0 bridgehead atoms. The number of carbonyl (C=O) groups excluding carboxylic acids is 7. The molecular formula is C65H92F4N2O21. The molecule has 23 nitrogen and oxygen atoms in total. The molecule has 2 N–H and O–H groups in total. The zero-order chi connectivity index (χ0) is 68.0. The maximum atomic E-state index is 14.5. The van der Waals surface area contributed by atoms with Gasteiger partial charge in [0.2, 0.25) is 23.3 Å². The number of benzene rings is 3. The largest absolute Gasteiger partial charge is 0.482 e. The predicted octanol–water partition coefficient (Wildman–Crippen LogP) is 7.92. The third kappa shape index (κ3) is 37.6. The Bertz CT molecular complexity index is 2670. The van der Waals surface area contributed by atoms with Gasteiger partial charge < -0.3 is 76.9 Å². The molecule has 92 heavy (non-hydrogen) atoms. The number of rotatable bonds is 47. The molecular weight excluding hydrogens is 1220 g/mol. The molecule has 516 valence electrons. The van der Waals surface area contributed by atoms with Gasteiger partial charge in [-0.3, -0.25) is 19.2 Å². The minimum absolute atomic E-state index is 0.00275. The van der Waals surface area contributed by atoms with Crippen LogP contribution in [0, 0.1) is 29.2 Å². The van der Waals surface area contributed by atoms with E-state index >= 15 is 0 Å². The molecule has 0 heterocycles. The van der Waals surface area contributed by atoms with Crippen molar-refractivity contribution >= 4 is 41.5 Å². The zero-order valence-electron chi connectivity index (χ0n) is 54.3. The minimum Gasteiger partial charge on any atom is -0.482 e. The van der Waals surface area contributed by atoms with Gasteiger partial charge in [-0.2, -0.15) is 8.78 Å². The lowest BCUT2D eigenvalue weighted by Crippen LogP contribution is -2.42. The van der Waals surface area contributed by atoms with Crippen LogP contribution in [0.15, 0.2) is 54.6 Å². The van der Waals surface area contributed by atoms with E-state index in [0.717, 1.165) is 5.56 Å². The number of hydrogen-bond acceptors (Lipinski definition) is 21. The number of Topliss-reactive ketones (excluding diaryl/α,β-unsaturated/α-hetero) is 2. The second-order valence-electron chi connectivity index (χ2n) is 23.6. The summed E-state index contributed by atoms with van der Waals surface area (Å²) in [5, 5.41) is 5.45. The van der Waals surface area contributed by atoms with Crippen LogP contribution in [0.5, 0.6) is 17.2 Å². The van der Waals surface area contributed by atoms with Crippen molar-refractivity contribution in [1.82, 2.24) is 10.6 Å². The van der Waals surface area contributed by atoms with Crippen molar-refractivity contribution < 1.29 is 117 Å². The van der Waals surface area contributed by atoms with E-state index in [-0.39, 0.29) is 141 Å². The van der Waals surface area contributed by atoms with Crippen LogP contribution in [0.2, 0.25) is 0 Å². The van der Waals surface area contributed by atoms with Crippen molar-refractivity contribution in [3.05, 3.63) is 89.0 Å². The molecule has 3 aromatic carbocycles. The van der Waals surface area contributed by atoms with E-state index in [2.05, 4.69) is 10.6 Å². The SMILES string of the molecule is CC(C)(C)OC(=O)COc1ccc(CC(CC(=O)CCOCCOCCOCCOCCCC(=O)C(Cc2ccc(OCC(=O)OC(C)(C)C)cc2)NC(=O)CCOCCOCCOCCOCCNC(=O)OC(C)(C)C)C(=O)Oc2c(F)c(F)cc(F)c2F)cc1. The number of nitrogens with one attached hydrogen (secondary N) is 2. The van der Waals surface area contributed by atoms with Crippen LogP contribution in [-0.4, -0.2) is 190 Å². The lowest BCUT2D eigenvalue weighted by atomic mass is 9.93. The number of hydrogen-bond donors (Lipinski definition) is 2. The molecule has 2 amide bonds. The van der Waals surface area contributed by atoms with Crippen molar-refractivity contribution in [1.29, 1.82) is 0 Å². The molecule has 0 aliphatic carbocycles. The van der Waals surface area contributed by atoms with E-state index in [1.54, 1.807) is 86.6 Å². The molecule has 27 heteroatoms. The molecule has 0 radical (unpaired) electrons. The van der Waals surface area contributed by atoms with Crippen LogP contribution in [0.25, 0.3) is 0 Å². The first-order valence-corrected chi connectivity index (χ1v) is 30.4. The molecule has 0 fully saturated rings. The van der Waals surface area contributed by atoms with Gasteiger partial charge in [-0.1, -0.05) is 24.3 Å². The third-order valence-corrected chi connectivity index (χ3v) is 12.0. The lowest BCUT2D eigenvalue weighted by Gasteiger charge is -2.20. The average molecular weight is 1310 g/mol. The summed E-state index contributed by atoms with van der Waals surface area (Å²) in [6.45, 7) is 18.9. The van der Waals surface area contributed by atoms with Crippen molar-refractivity contribution in [3.63, 3.8) is 0 Å². The molecule has 0 aliphatic heterocycles. The van der Waals surface area contributed by atoms with E-state index in [1.807, 2.05) is 0 Å². The first kappa shape index (κ1) is 79.4. The van der Waals surface area contributed by atoms with E-state index in [1.165, 1.54) is 24.3 Å². The molecule has 3 rings (SSSR count). The monoisotopic (exact) mass is 1310 g/mol. The highest BCUT2D eigenvalue weighted by Crippen LogP contribution is 2.29. The molecule has 0 saturated carbocycles. The standard InChI is InChI=1S/C65H92F4N2O21/c1-63(2,3)90-56(75)43-87-49-16-12-45(13-17-49)39-47(61(77)89-60-58(68)51(66)42-52(67)59(60)69)41-48(72)20-24-80-28-32-84-36-35-83-31-27-79-23-10-11-54(73)53(40-46-14-18-50(19-15-46)88-44-57(76)91-64(4,5)6)71-55(74)21-25-81-29-33-85-37-38-86-34-30-82-26-22-70-62(78)92-65(7,8)9/h12-19,42,47,53H,10-11,20-41,43-44H2,1-9H3,(H,70,78)(H,71,74). The Morgan fingerprint density at radius 1 is 0.467 bits per heavy atom. The van der Waals surface area contributed by atoms with Gasteiger partial charge in [0.25, 0.3) is 0 Å². The van der Waals surface area contributed by atoms with Gasteiger partial charge in [0, 0.05) is 44.9 Å². The molecule has 2 unspecified atom stereocenters. The molecule has 0 aliphatic rings. The Morgan fingerprint density at radius 2 is 0.870 bits per heavy atom. The Balaban J connectivity index is 1.34. The normalized spacial score (nSPS) is 12.4. The summed E-state index contributed by atoms with van der Waals surface area (Å²) in [5.41, 5.74) is -0.779. The number of ketones is 2. The van der Waals surface area contributed by atoms with Crippen LogP contribution in [0.1, 0.15) is 106 Å². The van der Waals surface area contributed by atoms with E-state index in [4.69, 9.17) is 66.3 Å². The summed E-state index contributed by atoms with van der Waals surface area (Å²) >= 11 is 0. The van der Waals surface area contributed by atoms with Gasteiger partial charge in [-0.25, -0.2) is 23.2 Å². The molecule has 0 aromatic heterocycles. The average Bonchev–Trinajstić information content (AvgIpc) is 2.37. The third-order valence-electron chi connectivity index (χ3n) is 12.0. The van der Waals surface area contributed by atoms with Crippen molar-refractivity contribution in [3.8, 4) is 17.2 Å². The smallest absolute Gasteiger partial charge is 0.407 e. The summed E-state index contributed by atoms with van der Waals surface area (Å²) in [6.07, 6.45) is -0.698. The topological polar surface area (TPSA) is 273 Å². The fourth-order valence-electron chi connectivity index (χ4n) is 7.88. The predicted molar refractivity (Wildman–Crippen MR) is 324 cm³/mol. The van der Waals surface area contributed by atoms with Crippen molar-refractivity contribution in [2.45, 2.75) is 130 Å². The van der Waals surface area contributed by atoms with Crippen molar-refractivity contribution in [2.24, 2.45) is 5.92 Å². The van der Waals surface area contributed by atoms with Crippen LogP contribution in [0.4, 0.5) is 22.4 Å². The first-order chi connectivity index (χ1) is 43.6. The summed E-state index contributed by atoms with van der Waals surface area (Å²) in [6, 6.07) is 11.9. The van der Waals surface area contributed by atoms with Crippen LogP contribution < -0.4 is 24.8 Å². The Hall–Kier alpha value is -6.85. The van der Waals surface area contributed by atoms with Gasteiger partial charge in [-0.05, 0) is 117 Å². The minimum atomic E-state index is -1.92. The highest BCUT2D eigenvalue weighted by atomic mass is 19.2. The summed E-state index contributed by atoms with van der Waals surface area (Å²) in [7, 11) is 0. The molecule has 2 atom stereocenters. The Morgan fingerprint density at radius 3 is 1.32 bits per heavy atom. The van der Waals surface area contributed by atoms with Gasteiger partial charge in [0.05, 0.1) is 111 Å². The van der Waals surface area contributed by atoms with E-state index < -0.39 is 94.0 Å². The summed E-state index contributed by atoms with van der Waals surface area (Å²) < 4.78 is 133. The van der Waals surface area contributed by atoms with E-state index in [9.17, 15) is 51.1 Å². The highest BCUT2D eigenvalue weighted by Gasteiger charge is 2.30. The maximum Gasteiger partial charge on any atom is 0.407 e. The zero-order valence-corrected chi connectivity index (χ0v) is 54.3. The fraction of sp³-hybridized carbons (Fsp3) is 0.615. The van der Waals surface area contributed by atoms with Gasteiger partial charge in [0.15, 0.2) is 30.6 Å². The fourth-order valence-corrected chi connectivity index (χ4v) is 7.88. The van der Waals surface area contributed by atoms with Gasteiger partial charge in [0.1, 0.15) is 34.1 Å². The maximum absolute atomic E-state index is 14.5. The molecule has 0 saturated heterocycles. The van der Waals surface area contributed by atoms with E-state index in [0.29, 0.717) is 57.3 Å².